The molecule has 1 aliphatic heterocycles. The standard InChI is InChI=1S/C4H5P/c1-3-4(2)5-3/h1H2,2H3. The maximum absolute atomic E-state index is 3.70. The van der Waals surface area contributed by atoms with Crippen LogP contribution in [0.5, 0.6) is 0 Å². The van der Waals surface area contributed by atoms with E-state index in [1.807, 2.05) is 0 Å². The lowest BCUT2D eigenvalue weighted by Crippen LogP contribution is -1.56. The van der Waals surface area contributed by atoms with Crippen LogP contribution in [0.25, 0.3) is 0 Å². The van der Waals surface area contributed by atoms with Gasteiger partial charge >= 0.3 is 0 Å². The SMILES string of the molecule is C=C1P=C1C. The first-order valence-corrected chi connectivity index (χ1v) is 2.45. The fourth-order valence-corrected chi connectivity index (χ4v) is 0.523. The molecule has 0 aromatic heterocycles. The molecule has 0 bridgehead atoms. The number of rotatable bonds is 0. The number of hydrogen-bond donors (Lipinski definition) is 0. The van der Waals surface area contributed by atoms with E-state index in [1.54, 1.807) is 0 Å². The molecule has 0 aromatic carbocycles. The molecule has 0 fully saturated rings. The van der Waals surface area contributed by atoms with Gasteiger partial charge in [-0.1, -0.05) is 14.8 Å². The monoisotopic (exact) mass is 84.0 g/mol. The van der Waals surface area contributed by atoms with Gasteiger partial charge in [-0.15, -0.1) is 0 Å². The molecule has 1 aliphatic rings. The van der Waals surface area contributed by atoms with Crippen molar-refractivity contribution >= 4 is 13.5 Å². The minimum Gasteiger partial charge on any atom is -0.0865 e. The highest BCUT2D eigenvalue weighted by Gasteiger charge is 2.05. The van der Waals surface area contributed by atoms with Crippen molar-refractivity contribution in [1.82, 2.24) is 0 Å². The Morgan fingerprint density at radius 3 is 2.00 bits per heavy atom. The van der Waals surface area contributed by atoms with E-state index in [0.29, 0.717) is 0 Å². The highest BCUT2D eigenvalue weighted by molar-refractivity contribution is 7.60. The molecule has 0 atom stereocenters. The molecule has 0 aromatic rings. The second-order valence-electron chi connectivity index (χ2n) is 1.14. The van der Waals surface area contributed by atoms with Crippen molar-refractivity contribution < 1.29 is 0 Å². The van der Waals surface area contributed by atoms with Gasteiger partial charge in [0.05, 0.1) is 0 Å². The van der Waals surface area contributed by atoms with Gasteiger partial charge in [-0.25, -0.2) is 0 Å². The third-order valence-corrected chi connectivity index (χ3v) is 1.66. The van der Waals surface area contributed by atoms with Gasteiger partial charge in [-0.2, -0.15) is 0 Å². The predicted octanol–water partition coefficient (Wildman–Crippen LogP) is 1.65. The van der Waals surface area contributed by atoms with Gasteiger partial charge in [0, 0.05) is 5.31 Å². The van der Waals surface area contributed by atoms with Crippen LogP contribution in [0, 0.1) is 0 Å². The van der Waals surface area contributed by atoms with Gasteiger partial charge in [-0.05, 0) is 12.2 Å². The molecule has 0 unspecified atom stereocenters. The molecule has 0 spiro atoms. The van der Waals surface area contributed by atoms with Gasteiger partial charge in [0.1, 0.15) is 0 Å². The molecule has 5 heavy (non-hydrogen) atoms. The Labute approximate surface area is 33.3 Å². The van der Waals surface area contributed by atoms with E-state index in [0.717, 1.165) is 0 Å². The maximum atomic E-state index is 3.70. The van der Waals surface area contributed by atoms with Crippen LogP contribution >= 0.6 is 8.20 Å². The Hall–Kier alpha value is -0.0900. The molecular weight excluding hydrogens is 79.0 g/mol. The van der Waals surface area contributed by atoms with Crippen molar-refractivity contribution in [2.24, 2.45) is 0 Å². The molecular formula is C4H5P. The third-order valence-electron chi connectivity index (χ3n) is 0.670. The van der Waals surface area contributed by atoms with Crippen LogP contribution in [0.1, 0.15) is 6.92 Å². The van der Waals surface area contributed by atoms with Crippen molar-refractivity contribution in [3.63, 3.8) is 0 Å². The van der Waals surface area contributed by atoms with Crippen molar-refractivity contribution in [1.29, 1.82) is 0 Å². The minimum absolute atomic E-state index is 1.31. The summed E-state index contributed by atoms with van der Waals surface area (Å²) in [4.78, 5) is 0. The fraction of sp³-hybridized carbons (Fsp3) is 0.250. The molecule has 0 nitrogen and oxygen atoms in total. The fourth-order valence-electron chi connectivity index (χ4n) is 0.174. The molecule has 0 amide bonds. The lowest BCUT2D eigenvalue weighted by molar-refractivity contribution is 2.03. The van der Waals surface area contributed by atoms with Crippen LogP contribution in [0.3, 0.4) is 0 Å². The van der Waals surface area contributed by atoms with Gasteiger partial charge in [0.2, 0.25) is 0 Å². The zero-order valence-electron chi connectivity index (χ0n) is 3.15. The minimum atomic E-state index is 1.31. The zero-order valence-corrected chi connectivity index (χ0v) is 4.05. The Morgan fingerprint density at radius 2 is 2.00 bits per heavy atom. The van der Waals surface area contributed by atoms with Gasteiger partial charge in [0.25, 0.3) is 0 Å². The first-order valence-electron chi connectivity index (χ1n) is 1.55. The Bertz CT molecular complexity index is 100. The number of hydrogen-bond acceptors (Lipinski definition) is 0. The smallest absolute Gasteiger partial charge is 0.00237 e. The quantitative estimate of drug-likeness (QED) is 0.391. The van der Waals surface area contributed by atoms with E-state index in [1.165, 1.54) is 18.8 Å². The van der Waals surface area contributed by atoms with E-state index >= 15 is 0 Å². The van der Waals surface area contributed by atoms with Gasteiger partial charge in [0.15, 0.2) is 0 Å². The summed E-state index contributed by atoms with van der Waals surface area (Å²) in [6, 6.07) is 0. The molecule has 26 valence electrons. The molecule has 0 aliphatic carbocycles. The van der Waals surface area contributed by atoms with E-state index in [9.17, 15) is 0 Å². The Kier molecular flexibility index (Phi) is 0.432. The van der Waals surface area contributed by atoms with E-state index in [-0.39, 0.29) is 0 Å². The van der Waals surface area contributed by atoms with E-state index in [4.69, 9.17) is 0 Å². The average Bonchev–Trinajstić information content (AvgIpc) is 1.79. The second-order valence-corrected chi connectivity index (χ2v) is 2.58. The van der Waals surface area contributed by atoms with Crippen LogP contribution in [0.2, 0.25) is 0 Å². The molecule has 0 saturated heterocycles. The average molecular weight is 84.1 g/mol. The predicted molar refractivity (Wildman–Crippen MR) is 26.7 cm³/mol. The van der Waals surface area contributed by atoms with Crippen LogP contribution < -0.4 is 0 Å². The molecule has 1 heteroatoms. The summed E-state index contributed by atoms with van der Waals surface area (Å²) in [7, 11) is 1.39. The van der Waals surface area contributed by atoms with Crippen molar-refractivity contribution in [3.05, 3.63) is 11.9 Å². The van der Waals surface area contributed by atoms with Crippen molar-refractivity contribution in [2.75, 3.05) is 0 Å². The highest BCUT2D eigenvalue weighted by Crippen LogP contribution is 2.31. The second kappa shape index (κ2) is 0.693. The first kappa shape index (κ1) is 3.11. The first-order chi connectivity index (χ1) is 2.30. The summed E-state index contributed by atoms with van der Waals surface area (Å²) in [6.45, 7) is 5.80. The van der Waals surface area contributed by atoms with Gasteiger partial charge in [-0.3, -0.25) is 0 Å². The highest BCUT2D eigenvalue weighted by atomic mass is 31.1. The summed E-state index contributed by atoms with van der Waals surface area (Å²) in [5.74, 6) is 0. The molecule has 1 rings (SSSR count). The summed E-state index contributed by atoms with van der Waals surface area (Å²) < 4.78 is 0. The third kappa shape index (κ3) is 0.408. The Morgan fingerprint density at radius 1 is 1.80 bits per heavy atom. The zero-order chi connectivity index (χ0) is 3.86. The van der Waals surface area contributed by atoms with Crippen molar-refractivity contribution in [3.8, 4) is 0 Å². The lowest BCUT2D eigenvalue weighted by atomic mass is 10.5. The van der Waals surface area contributed by atoms with Crippen LogP contribution in [0.15, 0.2) is 11.9 Å². The molecule has 1 heterocycles. The topological polar surface area (TPSA) is 0 Å². The molecule has 0 radical (unpaired) electrons. The van der Waals surface area contributed by atoms with Crippen LogP contribution in [-0.2, 0) is 0 Å². The largest absolute Gasteiger partial charge is 0.0865 e. The summed E-state index contributed by atoms with van der Waals surface area (Å²) in [5, 5.41) is 2.76. The lowest BCUT2D eigenvalue weighted by Gasteiger charge is -1.54. The maximum Gasteiger partial charge on any atom is 0.00237 e. The summed E-state index contributed by atoms with van der Waals surface area (Å²) in [5.41, 5.74) is 0. The summed E-state index contributed by atoms with van der Waals surface area (Å²) in [6.07, 6.45) is 0. The van der Waals surface area contributed by atoms with Crippen molar-refractivity contribution in [2.45, 2.75) is 6.92 Å². The van der Waals surface area contributed by atoms with E-state index < -0.39 is 0 Å². The molecule has 0 N–H and O–H groups in total. The van der Waals surface area contributed by atoms with Crippen LogP contribution in [0.4, 0.5) is 0 Å². The number of allylic oxidation sites excluding steroid dienone is 1. The molecule has 0 saturated carbocycles. The summed E-state index contributed by atoms with van der Waals surface area (Å²) >= 11 is 0. The normalized spacial score (nSPS) is 21.8. The van der Waals surface area contributed by atoms with Gasteiger partial charge < -0.3 is 0 Å². The van der Waals surface area contributed by atoms with E-state index in [2.05, 4.69) is 13.5 Å². The Balaban J connectivity index is 2.69. The van der Waals surface area contributed by atoms with Crippen LogP contribution in [-0.4, -0.2) is 5.29 Å².